The number of aromatic nitrogens is 3. The molecule has 0 bridgehead atoms. The molecule has 2 heterocycles. The van der Waals surface area contributed by atoms with E-state index in [1.165, 1.54) is 6.07 Å². The molecule has 1 aliphatic rings. The number of ether oxygens (including phenoxy) is 2. The van der Waals surface area contributed by atoms with Crippen LogP contribution in [0.4, 0.5) is 0 Å². The van der Waals surface area contributed by atoms with Gasteiger partial charge in [0.25, 0.3) is 0 Å². The lowest BCUT2D eigenvalue weighted by molar-refractivity contribution is -0.137. The zero-order valence-electron chi connectivity index (χ0n) is 19.1. The fourth-order valence-corrected chi connectivity index (χ4v) is 4.25. The van der Waals surface area contributed by atoms with Gasteiger partial charge in [0.15, 0.2) is 0 Å². The molecule has 1 aromatic heterocycles. The molecule has 0 saturated carbocycles. The quantitative estimate of drug-likeness (QED) is 0.459. The second-order valence-corrected chi connectivity index (χ2v) is 8.15. The van der Waals surface area contributed by atoms with Crippen LogP contribution in [0.15, 0.2) is 54.7 Å². The molecule has 0 radical (unpaired) electrons. The average Bonchev–Trinajstić information content (AvgIpc) is 3.54. The summed E-state index contributed by atoms with van der Waals surface area (Å²) in [6.45, 7) is 1.19. The molecule has 3 aromatic rings. The molecule has 0 spiro atoms. The van der Waals surface area contributed by atoms with E-state index < -0.39 is 5.97 Å². The Kier molecular flexibility index (Phi) is 7.54. The molecule has 1 fully saturated rings. The van der Waals surface area contributed by atoms with E-state index in [0.29, 0.717) is 25.1 Å². The molecule has 1 aliphatic heterocycles. The summed E-state index contributed by atoms with van der Waals surface area (Å²) in [7, 11) is 1.65. The Hall–Kier alpha value is -3.72. The van der Waals surface area contributed by atoms with Crippen molar-refractivity contribution in [2.24, 2.45) is 0 Å². The Balaban J connectivity index is 1.24. The molecule has 1 N–H and O–H groups in total. The van der Waals surface area contributed by atoms with E-state index in [4.69, 9.17) is 14.6 Å². The normalized spacial score (nSPS) is 15.4. The van der Waals surface area contributed by atoms with Crippen molar-refractivity contribution >= 4 is 11.9 Å². The fourth-order valence-electron chi connectivity index (χ4n) is 4.25. The van der Waals surface area contributed by atoms with Crippen LogP contribution in [0.1, 0.15) is 46.9 Å². The van der Waals surface area contributed by atoms with Gasteiger partial charge in [0.1, 0.15) is 12.4 Å². The summed E-state index contributed by atoms with van der Waals surface area (Å²) in [4.78, 5) is 25.8. The van der Waals surface area contributed by atoms with Crippen LogP contribution in [0.5, 0.6) is 5.75 Å². The maximum Gasteiger partial charge on any atom is 0.335 e. The molecule has 1 unspecified atom stereocenters. The Morgan fingerprint density at radius 1 is 1.18 bits per heavy atom. The second kappa shape index (κ2) is 10.9. The standard InChI is InChI=1S/C25H28N4O5/c1-33-23-12-3-2-10-21(23)22-11-5-13-28(22)24(30)17-34-14-6-8-19-16-29(27-26-19)20-9-4-7-18(15-20)25(31)32/h2-4,7,9-10,12,15-16,22H,5-6,8,11,13-14,17H2,1H3,(H,31,32). The monoisotopic (exact) mass is 464 g/mol. The number of hydrogen-bond donors (Lipinski definition) is 1. The Morgan fingerprint density at radius 3 is 2.85 bits per heavy atom. The van der Waals surface area contributed by atoms with Gasteiger partial charge in [0.05, 0.1) is 36.3 Å². The van der Waals surface area contributed by atoms with E-state index >= 15 is 0 Å². The first-order chi connectivity index (χ1) is 16.6. The number of likely N-dealkylation sites (tertiary alicyclic amines) is 1. The molecule has 9 nitrogen and oxygen atoms in total. The van der Waals surface area contributed by atoms with Crippen molar-refractivity contribution in [3.63, 3.8) is 0 Å². The first kappa shape index (κ1) is 23.4. The van der Waals surface area contributed by atoms with Gasteiger partial charge in [0, 0.05) is 18.7 Å². The van der Waals surface area contributed by atoms with Crippen molar-refractivity contribution in [2.75, 3.05) is 26.9 Å². The summed E-state index contributed by atoms with van der Waals surface area (Å²) >= 11 is 0. The molecule has 9 heteroatoms. The van der Waals surface area contributed by atoms with Gasteiger partial charge in [-0.3, -0.25) is 4.79 Å². The third-order valence-corrected chi connectivity index (χ3v) is 5.92. The number of hydrogen-bond acceptors (Lipinski definition) is 6. The number of carboxylic acids is 1. The summed E-state index contributed by atoms with van der Waals surface area (Å²) in [6.07, 6.45) is 4.97. The molecule has 1 saturated heterocycles. The Labute approximate surface area is 197 Å². The van der Waals surface area contributed by atoms with Gasteiger partial charge >= 0.3 is 5.97 Å². The number of aryl methyl sites for hydroxylation is 1. The Bertz CT molecular complexity index is 1150. The molecule has 178 valence electrons. The SMILES string of the molecule is COc1ccccc1C1CCCN1C(=O)COCCCc1cn(-c2cccc(C(=O)O)c2)nn1. The van der Waals surface area contributed by atoms with Crippen LogP contribution < -0.4 is 4.74 Å². The lowest BCUT2D eigenvalue weighted by atomic mass is 10.0. The smallest absolute Gasteiger partial charge is 0.335 e. The van der Waals surface area contributed by atoms with Crippen LogP contribution in [0.3, 0.4) is 0 Å². The van der Waals surface area contributed by atoms with E-state index in [0.717, 1.165) is 36.4 Å². The van der Waals surface area contributed by atoms with Crippen LogP contribution in [0.25, 0.3) is 5.69 Å². The summed E-state index contributed by atoms with van der Waals surface area (Å²) in [6, 6.07) is 14.4. The number of nitrogens with zero attached hydrogens (tertiary/aromatic N) is 4. The summed E-state index contributed by atoms with van der Waals surface area (Å²) in [5.74, 6) is -0.203. The first-order valence-electron chi connectivity index (χ1n) is 11.3. The van der Waals surface area contributed by atoms with Crippen molar-refractivity contribution in [1.82, 2.24) is 19.9 Å². The average molecular weight is 465 g/mol. The minimum Gasteiger partial charge on any atom is -0.496 e. The second-order valence-electron chi connectivity index (χ2n) is 8.15. The van der Waals surface area contributed by atoms with Crippen LogP contribution in [-0.4, -0.2) is 63.7 Å². The number of rotatable bonds is 10. The van der Waals surface area contributed by atoms with E-state index in [-0.39, 0.29) is 24.1 Å². The summed E-state index contributed by atoms with van der Waals surface area (Å²) in [5.41, 5.74) is 2.63. The zero-order chi connectivity index (χ0) is 23.9. The molecular formula is C25H28N4O5. The van der Waals surface area contributed by atoms with Crippen molar-refractivity contribution in [1.29, 1.82) is 0 Å². The van der Waals surface area contributed by atoms with Gasteiger partial charge < -0.3 is 19.5 Å². The predicted molar refractivity (Wildman–Crippen MR) is 124 cm³/mol. The highest BCUT2D eigenvalue weighted by atomic mass is 16.5. The summed E-state index contributed by atoms with van der Waals surface area (Å²) < 4.78 is 12.7. The number of carboxylic acid groups (broad SMARTS) is 1. The molecule has 1 atom stereocenters. The number of benzene rings is 2. The van der Waals surface area contributed by atoms with Crippen molar-refractivity contribution < 1.29 is 24.2 Å². The van der Waals surface area contributed by atoms with Gasteiger partial charge in [-0.1, -0.05) is 29.5 Å². The number of para-hydroxylation sites is 1. The molecular weight excluding hydrogens is 436 g/mol. The molecule has 2 aromatic carbocycles. The van der Waals surface area contributed by atoms with Gasteiger partial charge in [-0.2, -0.15) is 0 Å². The van der Waals surface area contributed by atoms with Gasteiger partial charge in [-0.25, -0.2) is 9.48 Å². The predicted octanol–water partition coefficient (Wildman–Crippen LogP) is 3.29. The van der Waals surface area contributed by atoms with E-state index in [2.05, 4.69) is 10.3 Å². The largest absolute Gasteiger partial charge is 0.496 e. The lowest BCUT2D eigenvalue weighted by Gasteiger charge is -2.26. The number of carbonyl (C=O) groups is 2. The highest BCUT2D eigenvalue weighted by molar-refractivity contribution is 5.88. The Morgan fingerprint density at radius 2 is 2.03 bits per heavy atom. The van der Waals surface area contributed by atoms with Crippen LogP contribution in [0.2, 0.25) is 0 Å². The van der Waals surface area contributed by atoms with Gasteiger partial charge in [-0.05, 0) is 49.9 Å². The minimum absolute atomic E-state index is 0.0157. The van der Waals surface area contributed by atoms with Gasteiger partial charge in [-0.15, -0.1) is 5.10 Å². The molecule has 0 aliphatic carbocycles. The number of aromatic carboxylic acids is 1. The molecule has 4 rings (SSSR count). The maximum atomic E-state index is 12.8. The maximum absolute atomic E-state index is 12.8. The molecule has 1 amide bonds. The highest BCUT2D eigenvalue weighted by Gasteiger charge is 2.31. The van der Waals surface area contributed by atoms with Crippen molar-refractivity contribution in [2.45, 2.75) is 31.7 Å². The van der Waals surface area contributed by atoms with E-state index in [1.807, 2.05) is 29.2 Å². The fraction of sp³-hybridized carbons (Fsp3) is 0.360. The van der Waals surface area contributed by atoms with E-state index in [1.54, 1.807) is 36.2 Å². The molecule has 34 heavy (non-hydrogen) atoms. The zero-order valence-corrected chi connectivity index (χ0v) is 19.1. The van der Waals surface area contributed by atoms with Crippen LogP contribution in [-0.2, 0) is 16.0 Å². The highest BCUT2D eigenvalue weighted by Crippen LogP contribution is 2.36. The van der Waals surface area contributed by atoms with Crippen LogP contribution >= 0.6 is 0 Å². The van der Waals surface area contributed by atoms with E-state index in [9.17, 15) is 9.59 Å². The number of amides is 1. The number of methoxy groups -OCH3 is 1. The van der Waals surface area contributed by atoms with Crippen LogP contribution in [0, 0.1) is 0 Å². The first-order valence-corrected chi connectivity index (χ1v) is 11.3. The van der Waals surface area contributed by atoms with Crippen molar-refractivity contribution in [3.8, 4) is 11.4 Å². The number of carbonyl (C=O) groups excluding carboxylic acids is 1. The van der Waals surface area contributed by atoms with Gasteiger partial charge in [0.2, 0.25) is 5.91 Å². The third kappa shape index (κ3) is 5.43. The summed E-state index contributed by atoms with van der Waals surface area (Å²) in [5, 5.41) is 17.4. The minimum atomic E-state index is -0.989. The third-order valence-electron chi connectivity index (χ3n) is 5.92. The van der Waals surface area contributed by atoms with Crippen molar-refractivity contribution in [3.05, 3.63) is 71.5 Å². The lowest BCUT2D eigenvalue weighted by Crippen LogP contribution is -2.33. The topological polar surface area (TPSA) is 107 Å².